The van der Waals surface area contributed by atoms with Crippen LogP contribution >= 0.6 is 0 Å². The molecule has 2 heterocycles. The molecule has 0 spiro atoms. The number of fused-ring (bicyclic) bond motifs is 1. The van der Waals surface area contributed by atoms with Crippen molar-refractivity contribution in [3.05, 3.63) is 30.1 Å². The van der Waals surface area contributed by atoms with E-state index in [1.165, 1.54) is 0 Å². The van der Waals surface area contributed by atoms with Crippen LogP contribution in [0.3, 0.4) is 0 Å². The van der Waals surface area contributed by atoms with E-state index in [4.69, 9.17) is 9.84 Å². The maximum absolute atomic E-state index is 8.99. The molecule has 0 bridgehead atoms. The van der Waals surface area contributed by atoms with Crippen molar-refractivity contribution >= 4 is 5.52 Å². The third-order valence-electron chi connectivity index (χ3n) is 1.98. The molecule has 0 aromatic carbocycles. The van der Waals surface area contributed by atoms with Crippen molar-refractivity contribution in [3.8, 4) is 5.75 Å². The van der Waals surface area contributed by atoms with Gasteiger partial charge in [0, 0.05) is 17.8 Å². The molecule has 13 heavy (non-hydrogen) atoms. The Morgan fingerprint density at radius 3 is 3.15 bits per heavy atom. The quantitative estimate of drug-likeness (QED) is 0.741. The Bertz CT molecular complexity index is 422. The van der Waals surface area contributed by atoms with Gasteiger partial charge in [-0.3, -0.25) is 0 Å². The molecule has 1 N–H and O–H groups in total. The molecule has 0 radical (unpaired) electrons. The first-order chi connectivity index (χ1) is 6.35. The van der Waals surface area contributed by atoms with Gasteiger partial charge in [0.2, 0.25) is 0 Å². The zero-order chi connectivity index (χ0) is 9.26. The van der Waals surface area contributed by atoms with Gasteiger partial charge in [0.05, 0.1) is 25.4 Å². The van der Waals surface area contributed by atoms with Gasteiger partial charge in [0.15, 0.2) is 0 Å². The zero-order valence-electron chi connectivity index (χ0n) is 7.27. The molecular formula is C9H10N2O2. The zero-order valence-corrected chi connectivity index (χ0v) is 7.27. The summed E-state index contributed by atoms with van der Waals surface area (Å²) in [6.07, 6.45) is 3.45. The summed E-state index contributed by atoms with van der Waals surface area (Å²) in [5.74, 6) is 0.766. The fraction of sp³-hybridized carbons (Fsp3) is 0.222. The molecule has 2 aromatic heterocycles. The van der Waals surface area contributed by atoms with Gasteiger partial charge in [0.1, 0.15) is 5.75 Å². The minimum Gasteiger partial charge on any atom is -0.497 e. The topological polar surface area (TPSA) is 46.8 Å². The van der Waals surface area contributed by atoms with Crippen LogP contribution in [0.5, 0.6) is 5.75 Å². The summed E-state index contributed by atoms with van der Waals surface area (Å²) in [4.78, 5) is 0. The molecule has 0 saturated heterocycles. The number of rotatable bonds is 2. The molecule has 0 unspecified atom stereocenters. The second kappa shape index (κ2) is 3.06. The SMILES string of the molecule is COc1ccn2ncc(CO)c2c1. The van der Waals surface area contributed by atoms with E-state index in [0.29, 0.717) is 0 Å². The summed E-state index contributed by atoms with van der Waals surface area (Å²) >= 11 is 0. The van der Waals surface area contributed by atoms with E-state index < -0.39 is 0 Å². The molecule has 2 aromatic rings. The number of methoxy groups -OCH3 is 1. The lowest BCUT2D eigenvalue weighted by molar-refractivity contribution is 0.283. The average molecular weight is 178 g/mol. The minimum atomic E-state index is -0.00331. The minimum absolute atomic E-state index is 0.00331. The lowest BCUT2D eigenvalue weighted by atomic mass is 10.3. The van der Waals surface area contributed by atoms with Crippen LogP contribution in [0.4, 0.5) is 0 Å². The van der Waals surface area contributed by atoms with Crippen LogP contribution in [-0.4, -0.2) is 21.8 Å². The van der Waals surface area contributed by atoms with E-state index in [2.05, 4.69) is 5.10 Å². The van der Waals surface area contributed by atoms with Gasteiger partial charge in [0.25, 0.3) is 0 Å². The fourth-order valence-electron chi connectivity index (χ4n) is 1.26. The number of hydrogen-bond acceptors (Lipinski definition) is 3. The van der Waals surface area contributed by atoms with Crippen LogP contribution in [0.25, 0.3) is 5.52 Å². The Balaban J connectivity index is 2.64. The van der Waals surface area contributed by atoms with Crippen LogP contribution in [0.2, 0.25) is 0 Å². The summed E-state index contributed by atoms with van der Waals surface area (Å²) < 4.78 is 6.77. The lowest BCUT2D eigenvalue weighted by Gasteiger charge is -2.00. The molecule has 4 heteroatoms. The molecular weight excluding hydrogens is 168 g/mol. The number of nitrogens with zero attached hydrogens (tertiary/aromatic N) is 2. The van der Waals surface area contributed by atoms with Crippen molar-refractivity contribution in [2.75, 3.05) is 7.11 Å². The van der Waals surface area contributed by atoms with Crippen LogP contribution in [-0.2, 0) is 6.61 Å². The number of aromatic nitrogens is 2. The van der Waals surface area contributed by atoms with E-state index in [1.807, 2.05) is 12.1 Å². The molecule has 4 nitrogen and oxygen atoms in total. The normalized spacial score (nSPS) is 10.6. The van der Waals surface area contributed by atoms with E-state index in [9.17, 15) is 0 Å². The van der Waals surface area contributed by atoms with Crippen molar-refractivity contribution in [1.29, 1.82) is 0 Å². The third kappa shape index (κ3) is 1.25. The first kappa shape index (κ1) is 8.07. The highest BCUT2D eigenvalue weighted by molar-refractivity contribution is 5.56. The fourth-order valence-corrected chi connectivity index (χ4v) is 1.26. The summed E-state index contributed by atoms with van der Waals surface area (Å²) in [7, 11) is 1.61. The highest BCUT2D eigenvalue weighted by atomic mass is 16.5. The molecule has 0 aliphatic rings. The number of aliphatic hydroxyl groups excluding tert-OH is 1. The van der Waals surface area contributed by atoms with Crippen molar-refractivity contribution in [3.63, 3.8) is 0 Å². The number of aliphatic hydroxyl groups is 1. The maximum atomic E-state index is 8.99. The monoisotopic (exact) mass is 178 g/mol. The van der Waals surface area contributed by atoms with Crippen molar-refractivity contribution in [2.24, 2.45) is 0 Å². The molecule has 68 valence electrons. The van der Waals surface area contributed by atoms with Gasteiger partial charge in [-0.25, -0.2) is 4.52 Å². The first-order valence-electron chi connectivity index (χ1n) is 3.96. The number of pyridine rings is 1. The second-order valence-electron chi connectivity index (χ2n) is 2.72. The van der Waals surface area contributed by atoms with Gasteiger partial charge in [-0.1, -0.05) is 0 Å². The van der Waals surface area contributed by atoms with E-state index in [1.54, 1.807) is 24.0 Å². The van der Waals surface area contributed by atoms with Gasteiger partial charge in [-0.15, -0.1) is 0 Å². The first-order valence-corrected chi connectivity index (χ1v) is 3.96. The van der Waals surface area contributed by atoms with Gasteiger partial charge in [-0.05, 0) is 6.07 Å². The third-order valence-corrected chi connectivity index (χ3v) is 1.98. The lowest BCUT2D eigenvalue weighted by Crippen LogP contribution is -1.89. The molecule has 0 saturated carbocycles. The Labute approximate surface area is 75.4 Å². The predicted molar refractivity (Wildman–Crippen MR) is 47.7 cm³/mol. The van der Waals surface area contributed by atoms with Gasteiger partial charge in [-0.2, -0.15) is 5.10 Å². The highest BCUT2D eigenvalue weighted by Crippen LogP contribution is 2.16. The Morgan fingerprint density at radius 2 is 2.46 bits per heavy atom. The van der Waals surface area contributed by atoms with Crippen molar-refractivity contribution in [2.45, 2.75) is 6.61 Å². The maximum Gasteiger partial charge on any atom is 0.122 e. The van der Waals surface area contributed by atoms with Gasteiger partial charge >= 0.3 is 0 Å². The summed E-state index contributed by atoms with van der Waals surface area (Å²) in [6, 6.07) is 3.67. The van der Waals surface area contributed by atoms with Crippen LogP contribution in [0.1, 0.15) is 5.56 Å². The van der Waals surface area contributed by atoms with Crippen molar-refractivity contribution in [1.82, 2.24) is 9.61 Å². The smallest absolute Gasteiger partial charge is 0.122 e. The Kier molecular flexibility index (Phi) is 1.90. The molecule has 0 atom stereocenters. The van der Waals surface area contributed by atoms with E-state index >= 15 is 0 Å². The summed E-state index contributed by atoms with van der Waals surface area (Å²) in [5.41, 5.74) is 1.68. The van der Waals surface area contributed by atoms with Crippen LogP contribution in [0, 0.1) is 0 Å². The molecule has 0 aliphatic carbocycles. The largest absolute Gasteiger partial charge is 0.497 e. The van der Waals surface area contributed by atoms with Crippen LogP contribution in [0.15, 0.2) is 24.5 Å². The second-order valence-corrected chi connectivity index (χ2v) is 2.72. The van der Waals surface area contributed by atoms with Crippen molar-refractivity contribution < 1.29 is 9.84 Å². The van der Waals surface area contributed by atoms with E-state index in [0.717, 1.165) is 16.8 Å². The van der Waals surface area contributed by atoms with Gasteiger partial charge < -0.3 is 9.84 Å². The standard InChI is InChI=1S/C9H10N2O2/c1-13-8-2-3-11-9(4-8)7(6-12)5-10-11/h2-5,12H,6H2,1H3. The van der Waals surface area contributed by atoms with Crippen LogP contribution < -0.4 is 4.74 Å². The average Bonchev–Trinajstić information content (AvgIpc) is 2.59. The van der Waals surface area contributed by atoms with E-state index in [-0.39, 0.29) is 6.61 Å². The Hall–Kier alpha value is -1.55. The molecule has 0 fully saturated rings. The molecule has 2 rings (SSSR count). The number of hydrogen-bond donors (Lipinski definition) is 1. The molecule has 0 amide bonds. The summed E-state index contributed by atoms with van der Waals surface area (Å²) in [6.45, 7) is -0.00331. The number of ether oxygens (including phenoxy) is 1. The molecule has 0 aliphatic heterocycles. The summed E-state index contributed by atoms with van der Waals surface area (Å²) in [5, 5.41) is 13.1. The Morgan fingerprint density at radius 1 is 1.62 bits per heavy atom. The predicted octanol–water partition coefficient (Wildman–Crippen LogP) is 0.835. The highest BCUT2D eigenvalue weighted by Gasteiger charge is 2.03.